The van der Waals surface area contributed by atoms with Gasteiger partial charge >= 0.3 is 5.97 Å². The number of esters is 1. The predicted octanol–water partition coefficient (Wildman–Crippen LogP) is 4.75. The number of nitrogens with zero attached hydrogens (tertiary/aromatic N) is 1. The summed E-state index contributed by atoms with van der Waals surface area (Å²) in [5, 5.41) is 2.19. The maximum atomic E-state index is 12.2. The van der Waals surface area contributed by atoms with Crippen molar-refractivity contribution < 1.29 is 14.3 Å². The van der Waals surface area contributed by atoms with Crippen LogP contribution in [0.2, 0.25) is 0 Å². The zero-order valence-electron chi connectivity index (χ0n) is 14.6. The number of benzene rings is 3. The Labute approximate surface area is 157 Å². The number of aliphatic imine (C=N–C) groups is 1. The summed E-state index contributed by atoms with van der Waals surface area (Å²) in [6.07, 6.45) is 3.37. The molecule has 0 spiro atoms. The zero-order chi connectivity index (χ0) is 18.6. The van der Waals surface area contributed by atoms with Crippen molar-refractivity contribution in [1.29, 1.82) is 0 Å². The van der Waals surface area contributed by atoms with E-state index >= 15 is 0 Å². The average molecular weight is 355 g/mol. The number of cyclic esters (lactones) is 1. The third-order valence-corrected chi connectivity index (χ3v) is 4.15. The lowest BCUT2D eigenvalue weighted by Gasteiger charge is -2.03. The summed E-state index contributed by atoms with van der Waals surface area (Å²) in [6.45, 7) is 4.05. The van der Waals surface area contributed by atoms with Crippen molar-refractivity contribution in [3.05, 3.63) is 96.2 Å². The Balaban J connectivity index is 1.64. The van der Waals surface area contributed by atoms with Crippen molar-refractivity contribution in [2.75, 3.05) is 6.61 Å². The summed E-state index contributed by atoms with van der Waals surface area (Å²) in [6, 6.07) is 21.3. The summed E-state index contributed by atoms with van der Waals surface area (Å²) >= 11 is 0. The van der Waals surface area contributed by atoms with E-state index in [1.54, 1.807) is 12.2 Å². The fraction of sp³-hybridized carbons (Fsp3) is 0.0435. The molecule has 0 saturated carbocycles. The highest BCUT2D eigenvalue weighted by Gasteiger charge is 2.24. The first-order valence-corrected chi connectivity index (χ1v) is 8.58. The van der Waals surface area contributed by atoms with Crippen LogP contribution in [0.25, 0.3) is 16.8 Å². The predicted molar refractivity (Wildman–Crippen MR) is 107 cm³/mol. The molecule has 3 aromatic rings. The molecule has 4 nitrogen and oxygen atoms in total. The van der Waals surface area contributed by atoms with Crippen molar-refractivity contribution in [1.82, 2.24) is 0 Å². The second-order valence-corrected chi connectivity index (χ2v) is 6.07. The van der Waals surface area contributed by atoms with Gasteiger partial charge in [-0.2, -0.15) is 0 Å². The van der Waals surface area contributed by atoms with Gasteiger partial charge in [0.25, 0.3) is 0 Å². The standard InChI is InChI=1S/C23H17NO3/c1-2-12-26-20-9-5-6-16(13-20)14-21-23(25)27-22(24-21)19-11-10-17-7-3-4-8-18(17)15-19/h2-11,13-15H,1,12H2/b21-14+. The number of ether oxygens (including phenoxy) is 2. The van der Waals surface area contributed by atoms with Crippen molar-refractivity contribution in [2.24, 2.45) is 4.99 Å². The van der Waals surface area contributed by atoms with E-state index in [1.807, 2.05) is 66.7 Å². The third kappa shape index (κ3) is 3.65. The normalized spacial score (nSPS) is 14.9. The number of hydrogen-bond acceptors (Lipinski definition) is 4. The van der Waals surface area contributed by atoms with E-state index in [2.05, 4.69) is 11.6 Å². The quantitative estimate of drug-likeness (QED) is 0.377. The van der Waals surface area contributed by atoms with Crippen LogP contribution in [-0.2, 0) is 9.53 Å². The van der Waals surface area contributed by atoms with Gasteiger partial charge in [0.05, 0.1) is 0 Å². The van der Waals surface area contributed by atoms with E-state index in [1.165, 1.54) is 0 Å². The Kier molecular flexibility index (Phi) is 4.54. The highest BCUT2D eigenvalue weighted by Crippen LogP contribution is 2.23. The SMILES string of the molecule is C=CCOc1cccc(/C=C2/N=C(c3ccc4ccccc4c3)OC2=O)c1. The summed E-state index contributed by atoms with van der Waals surface area (Å²) in [5.41, 5.74) is 1.85. The van der Waals surface area contributed by atoms with E-state index in [0.29, 0.717) is 18.3 Å². The summed E-state index contributed by atoms with van der Waals surface area (Å²) in [5.74, 6) is 0.556. The lowest BCUT2D eigenvalue weighted by molar-refractivity contribution is -0.129. The summed E-state index contributed by atoms with van der Waals surface area (Å²) in [4.78, 5) is 16.6. The van der Waals surface area contributed by atoms with Gasteiger partial charge < -0.3 is 9.47 Å². The van der Waals surface area contributed by atoms with Gasteiger partial charge in [0, 0.05) is 5.56 Å². The Hall–Kier alpha value is -3.66. The molecule has 0 radical (unpaired) electrons. The smallest absolute Gasteiger partial charge is 0.363 e. The fourth-order valence-electron chi connectivity index (χ4n) is 2.86. The zero-order valence-corrected chi connectivity index (χ0v) is 14.6. The topological polar surface area (TPSA) is 47.9 Å². The van der Waals surface area contributed by atoms with Crippen LogP contribution in [0.15, 0.2) is 90.1 Å². The van der Waals surface area contributed by atoms with Gasteiger partial charge in [-0.25, -0.2) is 9.79 Å². The number of fused-ring (bicyclic) bond motifs is 1. The van der Waals surface area contributed by atoms with Crippen molar-refractivity contribution in [3.8, 4) is 5.75 Å². The molecule has 0 atom stereocenters. The molecule has 4 rings (SSSR count). The Morgan fingerprint density at radius 1 is 1.00 bits per heavy atom. The maximum absolute atomic E-state index is 12.2. The van der Waals surface area contributed by atoms with Crippen molar-refractivity contribution >= 4 is 28.7 Å². The first-order chi connectivity index (χ1) is 13.2. The molecule has 132 valence electrons. The van der Waals surface area contributed by atoms with Crippen molar-refractivity contribution in [2.45, 2.75) is 0 Å². The number of carbonyl (C=O) groups excluding carboxylic acids is 1. The first kappa shape index (κ1) is 16.8. The maximum Gasteiger partial charge on any atom is 0.363 e. The van der Waals surface area contributed by atoms with Crippen LogP contribution in [0.5, 0.6) is 5.75 Å². The molecular weight excluding hydrogens is 338 g/mol. The molecule has 0 aromatic heterocycles. The van der Waals surface area contributed by atoms with Crippen LogP contribution < -0.4 is 4.74 Å². The van der Waals surface area contributed by atoms with Crippen LogP contribution in [0.3, 0.4) is 0 Å². The largest absolute Gasteiger partial charge is 0.490 e. The molecule has 1 heterocycles. The number of rotatable bonds is 5. The van der Waals surface area contributed by atoms with Gasteiger partial charge in [-0.05, 0) is 46.7 Å². The molecule has 0 aliphatic carbocycles. The van der Waals surface area contributed by atoms with Gasteiger partial charge in [-0.15, -0.1) is 0 Å². The van der Waals surface area contributed by atoms with Gasteiger partial charge in [0.2, 0.25) is 5.90 Å². The fourth-order valence-corrected chi connectivity index (χ4v) is 2.86. The molecule has 4 heteroatoms. The highest BCUT2D eigenvalue weighted by atomic mass is 16.6. The van der Waals surface area contributed by atoms with E-state index in [0.717, 1.165) is 21.9 Å². The van der Waals surface area contributed by atoms with Gasteiger partial charge in [-0.1, -0.05) is 55.1 Å². The minimum Gasteiger partial charge on any atom is -0.490 e. The first-order valence-electron chi connectivity index (χ1n) is 8.58. The molecule has 0 bridgehead atoms. The average Bonchev–Trinajstić information content (AvgIpc) is 3.06. The van der Waals surface area contributed by atoms with Crippen LogP contribution in [0.1, 0.15) is 11.1 Å². The molecule has 0 saturated heterocycles. The molecule has 0 fully saturated rings. The van der Waals surface area contributed by atoms with Crippen LogP contribution in [0, 0.1) is 0 Å². The van der Waals surface area contributed by atoms with E-state index in [-0.39, 0.29) is 5.70 Å². The lowest BCUT2D eigenvalue weighted by atomic mass is 10.1. The Morgan fingerprint density at radius 3 is 2.70 bits per heavy atom. The minimum absolute atomic E-state index is 0.263. The van der Waals surface area contributed by atoms with E-state index < -0.39 is 5.97 Å². The van der Waals surface area contributed by atoms with Crippen LogP contribution in [-0.4, -0.2) is 18.5 Å². The van der Waals surface area contributed by atoms with Crippen LogP contribution >= 0.6 is 0 Å². The second kappa shape index (κ2) is 7.30. The van der Waals surface area contributed by atoms with Crippen LogP contribution in [0.4, 0.5) is 0 Å². The lowest BCUT2D eigenvalue weighted by Crippen LogP contribution is -2.05. The Bertz CT molecular complexity index is 1100. The number of hydrogen-bond donors (Lipinski definition) is 0. The Morgan fingerprint density at radius 2 is 1.85 bits per heavy atom. The minimum atomic E-state index is -0.462. The molecule has 1 aliphatic heterocycles. The van der Waals surface area contributed by atoms with Gasteiger partial charge in [-0.3, -0.25) is 0 Å². The monoisotopic (exact) mass is 355 g/mol. The third-order valence-electron chi connectivity index (χ3n) is 4.15. The van der Waals surface area contributed by atoms with Gasteiger partial charge in [0.1, 0.15) is 12.4 Å². The molecule has 3 aromatic carbocycles. The summed E-state index contributed by atoms with van der Waals surface area (Å²) in [7, 11) is 0. The van der Waals surface area contributed by atoms with Gasteiger partial charge in [0.15, 0.2) is 5.70 Å². The highest BCUT2D eigenvalue weighted by molar-refractivity contribution is 6.13. The molecule has 0 N–H and O–H groups in total. The summed E-state index contributed by atoms with van der Waals surface area (Å²) < 4.78 is 10.9. The van der Waals surface area contributed by atoms with Crippen molar-refractivity contribution in [3.63, 3.8) is 0 Å². The number of carbonyl (C=O) groups is 1. The molecule has 27 heavy (non-hydrogen) atoms. The second-order valence-electron chi connectivity index (χ2n) is 6.07. The van der Waals surface area contributed by atoms with E-state index in [9.17, 15) is 4.79 Å². The molecule has 0 unspecified atom stereocenters. The molecule has 1 aliphatic rings. The molecular formula is C23H17NO3. The van der Waals surface area contributed by atoms with E-state index in [4.69, 9.17) is 9.47 Å². The molecule has 0 amide bonds.